The number of nitrogens with one attached hydrogen (secondary N) is 1. The van der Waals surface area contributed by atoms with Crippen LogP contribution in [0.4, 0.5) is 5.69 Å². The number of benzene rings is 2. The molecule has 0 bridgehead atoms. The number of para-hydroxylation sites is 1. The normalized spacial score (nSPS) is 11.5. The van der Waals surface area contributed by atoms with Crippen LogP contribution in [0.3, 0.4) is 0 Å². The van der Waals surface area contributed by atoms with Crippen molar-refractivity contribution >= 4 is 23.5 Å². The minimum Gasteiger partial charge on any atom is -0.545 e. The molecule has 1 N–H and O–H groups in total. The fourth-order valence-corrected chi connectivity index (χ4v) is 2.51. The quantitative estimate of drug-likeness (QED) is 0.740. The molecule has 1 amide bonds. The average molecular weight is 369 g/mol. The van der Waals surface area contributed by atoms with E-state index in [-0.39, 0.29) is 29.3 Å². The van der Waals surface area contributed by atoms with Crippen LogP contribution in [-0.4, -0.2) is 24.5 Å². The Morgan fingerprint density at radius 2 is 1.63 bits per heavy atom. The van der Waals surface area contributed by atoms with Crippen LogP contribution in [-0.2, 0) is 4.79 Å². The van der Waals surface area contributed by atoms with Crippen molar-refractivity contribution in [2.45, 2.75) is 26.2 Å². The summed E-state index contributed by atoms with van der Waals surface area (Å²) in [4.78, 5) is 34.1. The van der Waals surface area contributed by atoms with E-state index in [0.717, 1.165) is 30.2 Å². The number of amides is 1. The van der Waals surface area contributed by atoms with Gasteiger partial charge >= 0.3 is 0 Å². The zero-order chi connectivity index (χ0) is 20.0. The van der Waals surface area contributed by atoms with Crippen LogP contribution in [0, 0.1) is 0 Å². The molecule has 7 heteroatoms. The van der Waals surface area contributed by atoms with Crippen molar-refractivity contribution < 1.29 is 29.3 Å². The second-order valence-corrected chi connectivity index (χ2v) is 6.06. The smallest absolute Gasteiger partial charge is 0.262 e. The highest BCUT2D eigenvalue weighted by atomic mass is 16.5. The summed E-state index contributed by atoms with van der Waals surface area (Å²) in [6.07, 6.45) is 0.911. The van der Waals surface area contributed by atoms with Crippen LogP contribution in [0.2, 0.25) is 0 Å². The third-order valence-electron chi connectivity index (χ3n) is 4.11. The first kappa shape index (κ1) is 20.0. The van der Waals surface area contributed by atoms with Gasteiger partial charge < -0.3 is 29.9 Å². The summed E-state index contributed by atoms with van der Waals surface area (Å²) in [6.45, 7) is 3.78. The maximum Gasteiger partial charge on any atom is 0.262 e. The van der Waals surface area contributed by atoms with E-state index < -0.39 is 17.8 Å². The molecule has 0 aromatic heterocycles. The van der Waals surface area contributed by atoms with Gasteiger partial charge in [0.15, 0.2) is 6.61 Å². The highest BCUT2D eigenvalue weighted by molar-refractivity contribution is 5.97. The molecule has 1 atom stereocenters. The second-order valence-electron chi connectivity index (χ2n) is 6.06. The first-order chi connectivity index (χ1) is 12.8. The van der Waals surface area contributed by atoms with Gasteiger partial charge in [-0.1, -0.05) is 32.0 Å². The Bertz CT molecular complexity index is 829. The summed E-state index contributed by atoms with van der Waals surface area (Å²) in [6, 6.07) is 10.5. The number of anilines is 1. The first-order valence-electron chi connectivity index (χ1n) is 8.41. The Labute approximate surface area is 156 Å². The number of carboxylic acid groups (broad SMARTS) is 2. The van der Waals surface area contributed by atoms with E-state index in [1.165, 1.54) is 0 Å². The molecular formula is C20H19NO6-2. The highest BCUT2D eigenvalue weighted by Crippen LogP contribution is 2.28. The third-order valence-corrected chi connectivity index (χ3v) is 4.11. The summed E-state index contributed by atoms with van der Waals surface area (Å²) in [5.41, 5.74) is 0.218. The largest absolute Gasteiger partial charge is 0.545 e. The van der Waals surface area contributed by atoms with Crippen LogP contribution >= 0.6 is 0 Å². The number of aromatic carboxylic acids is 2. The number of carbonyl (C=O) groups is 3. The van der Waals surface area contributed by atoms with E-state index in [4.69, 9.17) is 4.74 Å². The van der Waals surface area contributed by atoms with Crippen molar-refractivity contribution in [2.24, 2.45) is 0 Å². The molecule has 0 aliphatic rings. The lowest BCUT2D eigenvalue weighted by molar-refractivity contribution is -0.255. The van der Waals surface area contributed by atoms with Gasteiger partial charge in [-0.05, 0) is 53.3 Å². The monoisotopic (exact) mass is 369 g/mol. The average Bonchev–Trinajstić information content (AvgIpc) is 2.65. The maximum atomic E-state index is 12.1. The third kappa shape index (κ3) is 5.31. The van der Waals surface area contributed by atoms with Crippen LogP contribution < -0.4 is 20.3 Å². The molecule has 7 nitrogen and oxygen atoms in total. The van der Waals surface area contributed by atoms with Crippen LogP contribution in [0.1, 0.15) is 52.5 Å². The molecule has 0 aliphatic heterocycles. The molecule has 0 unspecified atom stereocenters. The van der Waals surface area contributed by atoms with Crippen LogP contribution in [0.5, 0.6) is 5.75 Å². The van der Waals surface area contributed by atoms with Gasteiger partial charge in [0.2, 0.25) is 0 Å². The van der Waals surface area contributed by atoms with Gasteiger partial charge in [0, 0.05) is 5.69 Å². The van der Waals surface area contributed by atoms with Crippen molar-refractivity contribution in [2.75, 3.05) is 11.9 Å². The molecule has 2 rings (SSSR count). The van der Waals surface area contributed by atoms with Crippen molar-refractivity contribution in [3.63, 3.8) is 0 Å². The molecular weight excluding hydrogens is 350 g/mol. The molecule has 0 saturated carbocycles. The molecule has 2 aromatic rings. The fraction of sp³-hybridized carbons (Fsp3) is 0.250. The number of carboxylic acids is 2. The minimum absolute atomic E-state index is 0.000267. The maximum absolute atomic E-state index is 12.1. The number of rotatable bonds is 8. The number of ether oxygens (including phenoxy) is 1. The summed E-state index contributed by atoms with van der Waals surface area (Å²) < 4.78 is 5.58. The minimum atomic E-state index is -1.56. The zero-order valence-electron chi connectivity index (χ0n) is 15.0. The molecule has 27 heavy (non-hydrogen) atoms. The second kappa shape index (κ2) is 8.84. The molecule has 0 heterocycles. The topological polar surface area (TPSA) is 119 Å². The summed E-state index contributed by atoms with van der Waals surface area (Å²) >= 11 is 0. The van der Waals surface area contributed by atoms with Gasteiger partial charge in [0.25, 0.3) is 5.91 Å². The standard InChI is InChI=1S/C20H21NO6/c1-3-12(2)16-6-4-5-7-17(16)27-11-18(22)21-15-9-13(19(23)24)8-14(10-15)20(25)26/h4-10,12H,3,11H2,1-2H3,(H,21,22)(H,23,24)(H,25,26)/p-2/t12-/m0/s1. The van der Waals surface area contributed by atoms with Gasteiger partial charge in [-0.15, -0.1) is 0 Å². The molecule has 0 aliphatic carbocycles. The predicted molar refractivity (Wildman–Crippen MR) is 94.4 cm³/mol. The van der Waals surface area contributed by atoms with Gasteiger partial charge in [0.1, 0.15) is 5.75 Å². The Hall–Kier alpha value is -3.35. The number of hydrogen-bond donors (Lipinski definition) is 1. The van der Waals surface area contributed by atoms with Crippen LogP contribution in [0.15, 0.2) is 42.5 Å². The van der Waals surface area contributed by atoms with E-state index in [1.54, 1.807) is 12.1 Å². The van der Waals surface area contributed by atoms with Crippen LogP contribution in [0.25, 0.3) is 0 Å². The van der Waals surface area contributed by atoms with Gasteiger partial charge in [0.05, 0.1) is 11.9 Å². The van der Waals surface area contributed by atoms with Crippen molar-refractivity contribution in [1.29, 1.82) is 0 Å². The Kier molecular flexibility index (Phi) is 6.54. The molecule has 0 spiro atoms. The Balaban J connectivity index is 2.11. The summed E-state index contributed by atoms with van der Waals surface area (Å²) in [5.74, 6) is -2.84. The lowest BCUT2D eigenvalue weighted by atomic mass is 9.98. The Morgan fingerprint density at radius 1 is 1.04 bits per heavy atom. The van der Waals surface area contributed by atoms with Gasteiger partial charge in [-0.25, -0.2) is 0 Å². The number of hydrogen-bond acceptors (Lipinski definition) is 6. The summed E-state index contributed by atoms with van der Waals surface area (Å²) in [7, 11) is 0. The first-order valence-corrected chi connectivity index (χ1v) is 8.41. The lowest BCUT2D eigenvalue weighted by Gasteiger charge is -2.16. The fourth-order valence-electron chi connectivity index (χ4n) is 2.51. The van der Waals surface area contributed by atoms with E-state index >= 15 is 0 Å². The number of carbonyl (C=O) groups excluding carboxylic acids is 3. The summed E-state index contributed by atoms with van der Waals surface area (Å²) in [5, 5.41) is 24.4. The highest BCUT2D eigenvalue weighted by Gasteiger charge is 2.12. The molecule has 0 radical (unpaired) electrons. The van der Waals surface area contributed by atoms with Crippen molar-refractivity contribution in [3.8, 4) is 5.75 Å². The van der Waals surface area contributed by atoms with E-state index in [0.29, 0.717) is 5.75 Å². The van der Waals surface area contributed by atoms with E-state index in [9.17, 15) is 24.6 Å². The SMILES string of the molecule is CC[C@H](C)c1ccccc1OCC(=O)Nc1cc(C(=O)[O-])cc(C(=O)[O-])c1. The van der Waals surface area contributed by atoms with Gasteiger partial charge in [-0.3, -0.25) is 4.79 Å². The van der Waals surface area contributed by atoms with E-state index in [2.05, 4.69) is 12.2 Å². The van der Waals surface area contributed by atoms with Crippen molar-refractivity contribution in [3.05, 3.63) is 59.2 Å². The zero-order valence-corrected chi connectivity index (χ0v) is 15.0. The lowest BCUT2D eigenvalue weighted by Crippen LogP contribution is -2.27. The molecule has 0 saturated heterocycles. The van der Waals surface area contributed by atoms with Crippen molar-refractivity contribution in [1.82, 2.24) is 0 Å². The van der Waals surface area contributed by atoms with E-state index in [1.807, 2.05) is 19.1 Å². The van der Waals surface area contributed by atoms with Gasteiger partial charge in [-0.2, -0.15) is 0 Å². The predicted octanol–water partition coefficient (Wildman–Crippen LogP) is 0.945. The molecule has 2 aromatic carbocycles. The Morgan fingerprint density at radius 3 is 2.19 bits per heavy atom. The molecule has 0 fully saturated rings. The molecule has 142 valence electrons.